The van der Waals surface area contributed by atoms with Crippen LogP contribution in [0.1, 0.15) is 11.1 Å². The molecule has 0 saturated heterocycles. The van der Waals surface area contributed by atoms with Gasteiger partial charge in [-0.3, -0.25) is 0 Å². The summed E-state index contributed by atoms with van der Waals surface area (Å²) in [5, 5.41) is 0. The predicted molar refractivity (Wildman–Crippen MR) is 72.9 cm³/mol. The smallest absolute Gasteiger partial charge is 0.121 e. The van der Waals surface area contributed by atoms with Gasteiger partial charge in [0.1, 0.15) is 12.4 Å². The van der Waals surface area contributed by atoms with Gasteiger partial charge in [0.25, 0.3) is 0 Å². The van der Waals surface area contributed by atoms with Crippen LogP contribution in [0.25, 0.3) is 0 Å². The Balaban J connectivity index is 2.02. The van der Waals surface area contributed by atoms with E-state index >= 15 is 0 Å². The van der Waals surface area contributed by atoms with Crippen LogP contribution in [0.4, 0.5) is 0 Å². The van der Waals surface area contributed by atoms with Crippen molar-refractivity contribution in [3.63, 3.8) is 0 Å². The van der Waals surface area contributed by atoms with Gasteiger partial charge >= 0.3 is 0 Å². The molecule has 1 nitrogen and oxygen atoms in total. The topological polar surface area (TPSA) is 9.23 Å². The van der Waals surface area contributed by atoms with Crippen LogP contribution < -0.4 is 4.74 Å². The van der Waals surface area contributed by atoms with Crippen molar-refractivity contribution in [2.75, 3.05) is 0 Å². The first-order valence-corrected chi connectivity index (χ1v) is 6.01. The fraction of sp³-hybridized carbons (Fsp3) is 0.0667. The minimum absolute atomic E-state index is 0.543. The van der Waals surface area contributed by atoms with E-state index in [-0.39, 0.29) is 0 Å². The van der Waals surface area contributed by atoms with E-state index in [9.17, 15) is 0 Å². The van der Waals surface area contributed by atoms with Crippen molar-refractivity contribution in [3.8, 4) is 18.1 Å². The van der Waals surface area contributed by atoms with Gasteiger partial charge in [-0.1, -0.05) is 40.0 Å². The van der Waals surface area contributed by atoms with E-state index in [1.807, 2.05) is 48.5 Å². The second-order valence-electron chi connectivity index (χ2n) is 3.59. The minimum Gasteiger partial charge on any atom is -0.489 e. The van der Waals surface area contributed by atoms with Gasteiger partial charge in [-0.15, -0.1) is 6.42 Å². The highest BCUT2D eigenvalue weighted by Gasteiger charge is 1.97. The van der Waals surface area contributed by atoms with Crippen LogP contribution in [0.5, 0.6) is 5.75 Å². The van der Waals surface area contributed by atoms with Crippen molar-refractivity contribution < 1.29 is 4.74 Å². The van der Waals surface area contributed by atoms with Gasteiger partial charge in [0, 0.05) is 10.0 Å². The molecule has 0 aromatic heterocycles. The zero-order valence-electron chi connectivity index (χ0n) is 9.19. The van der Waals surface area contributed by atoms with E-state index in [2.05, 4.69) is 21.9 Å². The van der Waals surface area contributed by atoms with Gasteiger partial charge in [0.15, 0.2) is 0 Å². The summed E-state index contributed by atoms with van der Waals surface area (Å²) in [4.78, 5) is 0. The molecule has 17 heavy (non-hydrogen) atoms. The molecule has 0 spiro atoms. The molecule has 0 aliphatic heterocycles. The fourth-order valence-corrected chi connectivity index (χ4v) is 1.69. The maximum Gasteiger partial charge on any atom is 0.121 e. The van der Waals surface area contributed by atoms with Crippen LogP contribution >= 0.6 is 15.9 Å². The van der Waals surface area contributed by atoms with Crippen molar-refractivity contribution in [1.29, 1.82) is 0 Å². The molecule has 0 saturated carbocycles. The molecule has 84 valence electrons. The first kappa shape index (κ1) is 11.8. The Kier molecular flexibility index (Phi) is 3.85. The molecule has 0 heterocycles. The molecular formula is C15H11BrO. The van der Waals surface area contributed by atoms with E-state index in [4.69, 9.17) is 11.2 Å². The van der Waals surface area contributed by atoms with Crippen LogP contribution in [0, 0.1) is 12.3 Å². The van der Waals surface area contributed by atoms with Crippen molar-refractivity contribution in [2.45, 2.75) is 6.61 Å². The Morgan fingerprint density at radius 3 is 2.59 bits per heavy atom. The van der Waals surface area contributed by atoms with Crippen molar-refractivity contribution >= 4 is 15.9 Å². The maximum atomic E-state index is 5.66. The minimum atomic E-state index is 0.543. The lowest BCUT2D eigenvalue weighted by atomic mass is 10.2. The Bertz CT molecular complexity index is 538. The summed E-state index contributed by atoms with van der Waals surface area (Å²) in [5.74, 6) is 3.38. The number of rotatable bonds is 3. The van der Waals surface area contributed by atoms with Gasteiger partial charge in [0.05, 0.1) is 0 Å². The molecule has 0 amide bonds. The SMILES string of the molecule is C#Cc1cccc(OCc2ccc(Br)cc2)c1. The number of halogens is 1. The monoisotopic (exact) mass is 286 g/mol. The van der Waals surface area contributed by atoms with E-state index in [0.717, 1.165) is 21.3 Å². The first-order chi connectivity index (χ1) is 8.28. The predicted octanol–water partition coefficient (Wildman–Crippen LogP) is 4.01. The van der Waals surface area contributed by atoms with E-state index in [1.54, 1.807) is 0 Å². The summed E-state index contributed by atoms with van der Waals surface area (Å²) < 4.78 is 6.73. The quantitative estimate of drug-likeness (QED) is 0.775. The molecule has 0 bridgehead atoms. The zero-order chi connectivity index (χ0) is 12.1. The Morgan fingerprint density at radius 1 is 1.12 bits per heavy atom. The van der Waals surface area contributed by atoms with Crippen molar-refractivity contribution in [2.24, 2.45) is 0 Å². The summed E-state index contributed by atoms with van der Waals surface area (Å²) in [6, 6.07) is 15.6. The average Bonchev–Trinajstić information content (AvgIpc) is 2.38. The van der Waals surface area contributed by atoms with Gasteiger partial charge in [-0.05, 0) is 35.9 Å². The second-order valence-corrected chi connectivity index (χ2v) is 4.50. The van der Waals surface area contributed by atoms with E-state index < -0.39 is 0 Å². The zero-order valence-corrected chi connectivity index (χ0v) is 10.8. The average molecular weight is 287 g/mol. The highest BCUT2D eigenvalue weighted by Crippen LogP contribution is 2.16. The van der Waals surface area contributed by atoms with Crippen LogP contribution in [0.3, 0.4) is 0 Å². The van der Waals surface area contributed by atoms with Crippen LogP contribution in [-0.4, -0.2) is 0 Å². The van der Waals surface area contributed by atoms with Crippen molar-refractivity contribution in [1.82, 2.24) is 0 Å². The summed E-state index contributed by atoms with van der Waals surface area (Å²) in [7, 11) is 0. The third kappa shape index (κ3) is 3.37. The highest BCUT2D eigenvalue weighted by molar-refractivity contribution is 9.10. The number of benzene rings is 2. The first-order valence-electron chi connectivity index (χ1n) is 5.22. The molecule has 0 aliphatic carbocycles. The highest BCUT2D eigenvalue weighted by atomic mass is 79.9. The number of ether oxygens (including phenoxy) is 1. The molecule has 0 atom stereocenters. The lowest BCUT2D eigenvalue weighted by Gasteiger charge is -2.06. The van der Waals surface area contributed by atoms with Crippen LogP contribution in [-0.2, 0) is 6.61 Å². The Morgan fingerprint density at radius 2 is 1.88 bits per heavy atom. The van der Waals surface area contributed by atoms with Gasteiger partial charge in [-0.2, -0.15) is 0 Å². The number of terminal acetylenes is 1. The summed E-state index contributed by atoms with van der Waals surface area (Å²) in [5.41, 5.74) is 1.96. The molecule has 0 fully saturated rings. The number of hydrogen-bond donors (Lipinski definition) is 0. The van der Waals surface area contributed by atoms with E-state index in [1.165, 1.54) is 0 Å². The molecule has 2 aromatic carbocycles. The molecule has 2 aromatic rings. The fourth-order valence-electron chi connectivity index (χ4n) is 1.42. The van der Waals surface area contributed by atoms with Crippen LogP contribution in [0.2, 0.25) is 0 Å². The van der Waals surface area contributed by atoms with E-state index in [0.29, 0.717) is 6.61 Å². The maximum absolute atomic E-state index is 5.66. The van der Waals surface area contributed by atoms with Crippen molar-refractivity contribution in [3.05, 3.63) is 64.1 Å². The summed E-state index contributed by atoms with van der Waals surface area (Å²) >= 11 is 3.40. The molecule has 0 N–H and O–H groups in total. The second kappa shape index (κ2) is 5.56. The lowest BCUT2D eigenvalue weighted by Crippen LogP contribution is -1.95. The molecular weight excluding hydrogens is 276 g/mol. The molecule has 0 radical (unpaired) electrons. The third-order valence-electron chi connectivity index (χ3n) is 2.32. The molecule has 2 rings (SSSR count). The standard InChI is InChI=1S/C15H11BrO/c1-2-12-4-3-5-15(10-12)17-11-13-6-8-14(16)9-7-13/h1,3-10H,11H2. The van der Waals surface area contributed by atoms with Crippen LogP contribution in [0.15, 0.2) is 53.0 Å². The largest absolute Gasteiger partial charge is 0.489 e. The third-order valence-corrected chi connectivity index (χ3v) is 2.85. The summed E-state index contributed by atoms with van der Waals surface area (Å²) in [6.07, 6.45) is 5.33. The summed E-state index contributed by atoms with van der Waals surface area (Å²) in [6.45, 7) is 0.543. The molecule has 0 aliphatic rings. The molecule has 2 heteroatoms. The normalized spacial score (nSPS) is 9.65. The molecule has 0 unspecified atom stereocenters. The Hall–Kier alpha value is -1.72. The van der Waals surface area contributed by atoms with Gasteiger partial charge < -0.3 is 4.74 Å². The lowest BCUT2D eigenvalue weighted by molar-refractivity contribution is 0.306. The Labute approximate surface area is 110 Å². The van der Waals surface area contributed by atoms with Gasteiger partial charge in [-0.25, -0.2) is 0 Å². The number of hydrogen-bond acceptors (Lipinski definition) is 1. The van der Waals surface area contributed by atoms with Gasteiger partial charge in [0.2, 0.25) is 0 Å².